The Morgan fingerprint density at radius 1 is 1.04 bits per heavy atom. The van der Waals surface area contributed by atoms with Crippen molar-refractivity contribution in [1.82, 2.24) is 0 Å². The number of anilines is 2. The first-order chi connectivity index (χ1) is 11.1. The van der Waals surface area contributed by atoms with Crippen LogP contribution in [0.2, 0.25) is 0 Å². The fourth-order valence-electron chi connectivity index (χ4n) is 3.08. The molecule has 0 fully saturated rings. The molecule has 1 atom stereocenters. The highest BCUT2D eigenvalue weighted by molar-refractivity contribution is 6.00. The van der Waals surface area contributed by atoms with Crippen molar-refractivity contribution in [3.63, 3.8) is 0 Å². The van der Waals surface area contributed by atoms with Gasteiger partial charge in [-0.3, -0.25) is 4.79 Å². The van der Waals surface area contributed by atoms with E-state index in [4.69, 9.17) is 0 Å². The number of hydrogen-bond acceptors (Lipinski definition) is 2. The van der Waals surface area contributed by atoms with E-state index in [9.17, 15) is 4.79 Å². The smallest absolute Gasteiger partial charge is 0.249 e. The zero-order chi connectivity index (χ0) is 16.4. The van der Waals surface area contributed by atoms with E-state index in [1.54, 1.807) is 0 Å². The molecular weight excluding hydrogens is 284 g/mol. The first-order valence-electron chi connectivity index (χ1n) is 8.32. The van der Waals surface area contributed by atoms with Gasteiger partial charge in [0.1, 0.15) is 6.04 Å². The van der Waals surface area contributed by atoms with Crippen LogP contribution in [0.4, 0.5) is 11.4 Å². The molecule has 1 amide bonds. The summed E-state index contributed by atoms with van der Waals surface area (Å²) in [5.41, 5.74) is 4.61. The maximum atomic E-state index is 12.8. The summed E-state index contributed by atoms with van der Waals surface area (Å²) in [6.45, 7) is 7.06. The van der Waals surface area contributed by atoms with Crippen molar-refractivity contribution in [2.24, 2.45) is 0 Å². The molecule has 0 bridgehead atoms. The maximum absolute atomic E-state index is 12.8. The standard InChI is InChI=1S/C20H24N2O/c1-14(2)16-8-10-18(11-9-16)21-15(3)20(23)22-13-12-17-6-4-5-7-19(17)22/h4-11,14-15,21H,12-13H2,1-3H3/t15-/m1/s1. The minimum absolute atomic E-state index is 0.128. The molecule has 0 unspecified atom stereocenters. The van der Waals surface area contributed by atoms with Crippen molar-refractivity contribution >= 4 is 17.3 Å². The van der Waals surface area contributed by atoms with Crippen LogP contribution in [0, 0.1) is 0 Å². The minimum atomic E-state index is -0.244. The summed E-state index contributed by atoms with van der Waals surface area (Å²) >= 11 is 0. The lowest BCUT2D eigenvalue weighted by Crippen LogP contribution is -2.40. The SMILES string of the molecule is CC(C)c1ccc(N[C@H](C)C(=O)N2CCc3ccccc32)cc1. The summed E-state index contributed by atoms with van der Waals surface area (Å²) < 4.78 is 0. The molecule has 1 aliphatic heterocycles. The largest absolute Gasteiger partial charge is 0.374 e. The van der Waals surface area contributed by atoms with Crippen LogP contribution in [0.15, 0.2) is 48.5 Å². The van der Waals surface area contributed by atoms with Gasteiger partial charge in [-0.25, -0.2) is 0 Å². The van der Waals surface area contributed by atoms with E-state index in [-0.39, 0.29) is 11.9 Å². The minimum Gasteiger partial charge on any atom is -0.374 e. The van der Waals surface area contributed by atoms with Gasteiger partial charge >= 0.3 is 0 Å². The summed E-state index contributed by atoms with van der Waals surface area (Å²) in [6.07, 6.45) is 0.942. The molecule has 3 rings (SSSR count). The normalized spacial score (nSPS) is 14.7. The van der Waals surface area contributed by atoms with Gasteiger partial charge in [-0.2, -0.15) is 0 Å². The third-order valence-electron chi connectivity index (χ3n) is 4.48. The van der Waals surface area contributed by atoms with Crippen LogP contribution in [-0.4, -0.2) is 18.5 Å². The Labute approximate surface area is 138 Å². The van der Waals surface area contributed by atoms with Crippen LogP contribution in [0.25, 0.3) is 0 Å². The Bertz CT molecular complexity index is 691. The highest BCUT2D eigenvalue weighted by Gasteiger charge is 2.27. The summed E-state index contributed by atoms with van der Waals surface area (Å²) in [5, 5.41) is 3.32. The monoisotopic (exact) mass is 308 g/mol. The number of amides is 1. The Morgan fingerprint density at radius 3 is 2.43 bits per heavy atom. The molecule has 2 aromatic carbocycles. The zero-order valence-corrected chi connectivity index (χ0v) is 14.0. The predicted octanol–water partition coefficient (Wildman–Crippen LogP) is 4.20. The van der Waals surface area contributed by atoms with Crippen molar-refractivity contribution < 1.29 is 4.79 Å². The molecule has 1 aliphatic rings. The highest BCUT2D eigenvalue weighted by atomic mass is 16.2. The number of nitrogens with zero attached hydrogens (tertiary/aromatic N) is 1. The summed E-state index contributed by atoms with van der Waals surface area (Å²) in [7, 11) is 0. The van der Waals surface area contributed by atoms with Crippen LogP contribution in [-0.2, 0) is 11.2 Å². The molecule has 120 valence electrons. The van der Waals surface area contributed by atoms with Gasteiger partial charge in [0.2, 0.25) is 5.91 Å². The van der Waals surface area contributed by atoms with E-state index in [0.717, 1.165) is 24.3 Å². The predicted molar refractivity (Wildman–Crippen MR) is 96.1 cm³/mol. The molecule has 2 aromatic rings. The van der Waals surface area contributed by atoms with E-state index in [1.165, 1.54) is 11.1 Å². The summed E-state index contributed by atoms with van der Waals surface area (Å²) in [6, 6.07) is 16.3. The van der Waals surface area contributed by atoms with E-state index in [1.807, 2.05) is 30.0 Å². The van der Waals surface area contributed by atoms with E-state index in [2.05, 4.69) is 49.5 Å². The van der Waals surface area contributed by atoms with Gasteiger partial charge in [-0.1, -0.05) is 44.2 Å². The van der Waals surface area contributed by atoms with Gasteiger partial charge in [0.05, 0.1) is 0 Å². The molecule has 0 saturated heterocycles. The molecule has 0 aliphatic carbocycles. The molecule has 0 radical (unpaired) electrons. The van der Waals surface area contributed by atoms with Crippen molar-refractivity contribution in [3.8, 4) is 0 Å². The second kappa shape index (κ2) is 6.45. The van der Waals surface area contributed by atoms with Crippen molar-refractivity contribution in [1.29, 1.82) is 0 Å². The van der Waals surface area contributed by atoms with Crippen molar-refractivity contribution in [2.75, 3.05) is 16.8 Å². The van der Waals surface area contributed by atoms with Gasteiger partial charge in [0.15, 0.2) is 0 Å². The number of rotatable bonds is 4. The Morgan fingerprint density at radius 2 is 1.74 bits per heavy atom. The number of carbonyl (C=O) groups excluding carboxylic acids is 1. The number of hydrogen-bond donors (Lipinski definition) is 1. The number of para-hydroxylation sites is 1. The van der Waals surface area contributed by atoms with Gasteiger partial charge in [-0.15, -0.1) is 0 Å². The lowest BCUT2D eigenvalue weighted by Gasteiger charge is -2.23. The first kappa shape index (κ1) is 15.6. The molecule has 1 heterocycles. The van der Waals surface area contributed by atoms with E-state index in [0.29, 0.717) is 5.92 Å². The molecule has 23 heavy (non-hydrogen) atoms. The fraction of sp³-hybridized carbons (Fsp3) is 0.350. The van der Waals surface area contributed by atoms with Crippen molar-refractivity contribution in [2.45, 2.75) is 39.2 Å². The number of nitrogens with one attached hydrogen (secondary N) is 1. The molecule has 0 saturated carbocycles. The molecule has 3 nitrogen and oxygen atoms in total. The summed E-state index contributed by atoms with van der Waals surface area (Å²) in [4.78, 5) is 14.6. The average Bonchev–Trinajstić information content (AvgIpc) is 2.98. The van der Waals surface area contributed by atoms with Crippen LogP contribution in [0.3, 0.4) is 0 Å². The van der Waals surface area contributed by atoms with E-state index >= 15 is 0 Å². The third kappa shape index (κ3) is 3.24. The van der Waals surface area contributed by atoms with Gasteiger partial charge in [-0.05, 0) is 48.6 Å². The zero-order valence-electron chi connectivity index (χ0n) is 14.0. The summed E-state index contributed by atoms with van der Waals surface area (Å²) in [5.74, 6) is 0.645. The van der Waals surface area contributed by atoms with Crippen LogP contribution < -0.4 is 10.2 Å². The van der Waals surface area contributed by atoms with Crippen molar-refractivity contribution in [3.05, 3.63) is 59.7 Å². The molecule has 0 spiro atoms. The van der Waals surface area contributed by atoms with Crippen LogP contribution in [0.1, 0.15) is 37.8 Å². The van der Waals surface area contributed by atoms with Gasteiger partial charge in [0.25, 0.3) is 0 Å². The maximum Gasteiger partial charge on any atom is 0.249 e. The quantitative estimate of drug-likeness (QED) is 0.918. The molecule has 1 N–H and O–H groups in total. The average molecular weight is 308 g/mol. The first-order valence-corrected chi connectivity index (χ1v) is 8.32. The molecule has 0 aromatic heterocycles. The molecule has 3 heteroatoms. The van der Waals surface area contributed by atoms with Gasteiger partial charge < -0.3 is 10.2 Å². The number of benzene rings is 2. The molecular formula is C20H24N2O. The number of fused-ring (bicyclic) bond motifs is 1. The Hall–Kier alpha value is -2.29. The second-order valence-corrected chi connectivity index (χ2v) is 6.51. The third-order valence-corrected chi connectivity index (χ3v) is 4.48. The lowest BCUT2D eigenvalue weighted by molar-refractivity contribution is -0.118. The fourth-order valence-corrected chi connectivity index (χ4v) is 3.08. The van der Waals surface area contributed by atoms with Gasteiger partial charge in [0, 0.05) is 17.9 Å². The Balaban J connectivity index is 1.69. The number of carbonyl (C=O) groups is 1. The second-order valence-electron chi connectivity index (χ2n) is 6.51. The lowest BCUT2D eigenvalue weighted by atomic mass is 10.0. The topological polar surface area (TPSA) is 32.3 Å². The van der Waals surface area contributed by atoms with Crippen LogP contribution >= 0.6 is 0 Å². The Kier molecular flexibility index (Phi) is 4.37. The van der Waals surface area contributed by atoms with Crippen LogP contribution in [0.5, 0.6) is 0 Å². The highest BCUT2D eigenvalue weighted by Crippen LogP contribution is 2.28. The van der Waals surface area contributed by atoms with E-state index < -0.39 is 0 Å².